The van der Waals surface area contributed by atoms with E-state index < -0.39 is 0 Å². The van der Waals surface area contributed by atoms with Crippen LogP contribution in [-0.4, -0.2) is 29.2 Å². The van der Waals surface area contributed by atoms with Crippen molar-refractivity contribution in [2.24, 2.45) is 0 Å². The van der Waals surface area contributed by atoms with Gasteiger partial charge in [0.05, 0.1) is 6.42 Å². The highest BCUT2D eigenvalue weighted by molar-refractivity contribution is 9.09. The predicted molar refractivity (Wildman–Crippen MR) is 75.6 cm³/mol. The maximum Gasteiger partial charge on any atom is 0.226 e. The van der Waals surface area contributed by atoms with Gasteiger partial charge in [-0.2, -0.15) is 0 Å². The molecule has 94 valence electrons. The van der Waals surface area contributed by atoms with E-state index in [4.69, 9.17) is 0 Å². The number of rotatable bonds is 4. The van der Waals surface area contributed by atoms with E-state index >= 15 is 0 Å². The third kappa shape index (κ3) is 4.50. The molecule has 1 unspecified atom stereocenters. The van der Waals surface area contributed by atoms with Crippen molar-refractivity contribution in [1.82, 2.24) is 4.90 Å². The number of benzene rings is 1. The zero-order valence-corrected chi connectivity index (χ0v) is 12.5. The molecule has 1 aromatic carbocycles. The van der Waals surface area contributed by atoms with Crippen LogP contribution in [0.3, 0.4) is 0 Å². The Morgan fingerprint density at radius 3 is 2.65 bits per heavy atom. The molecule has 1 aromatic rings. The number of alkyl halides is 1. The Labute approximate surface area is 112 Å². The fourth-order valence-electron chi connectivity index (χ4n) is 1.77. The van der Waals surface area contributed by atoms with E-state index in [0.717, 1.165) is 12.1 Å². The van der Waals surface area contributed by atoms with Crippen LogP contribution in [-0.2, 0) is 11.2 Å². The van der Waals surface area contributed by atoms with Crippen LogP contribution in [0.2, 0.25) is 0 Å². The summed E-state index contributed by atoms with van der Waals surface area (Å²) in [5.74, 6) is 0.171. The molecule has 0 saturated carbocycles. The third-order valence-electron chi connectivity index (χ3n) is 2.80. The van der Waals surface area contributed by atoms with Gasteiger partial charge in [-0.3, -0.25) is 4.79 Å². The molecule has 0 bridgehead atoms. The normalized spacial score (nSPS) is 12.3. The summed E-state index contributed by atoms with van der Waals surface area (Å²) < 4.78 is 0. The number of likely N-dealkylation sites (N-methyl/N-ethyl adjacent to an activating group) is 1. The molecule has 0 aliphatic heterocycles. The van der Waals surface area contributed by atoms with Gasteiger partial charge in [-0.25, -0.2) is 0 Å². The molecule has 0 N–H and O–H groups in total. The minimum absolute atomic E-state index is 0.171. The quantitative estimate of drug-likeness (QED) is 0.782. The fourth-order valence-corrected chi connectivity index (χ4v) is 2.20. The average molecular weight is 298 g/mol. The number of halogens is 1. The van der Waals surface area contributed by atoms with Gasteiger partial charge in [-0.1, -0.05) is 46.6 Å². The van der Waals surface area contributed by atoms with Crippen molar-refractivity contribution in [1.29, 1.82) is 0 Å². The number of hydrogen-bond donors (Lipinski definition) is 0. The second-order valence-electron chi connectivity index (χ2n) is 4.66. The highest BCUT2D eigenvalue weighted by Crippen LogP contribution is 2.12. The van der Waals surface area contributed by atoms with E-state index in [1.807, 2.05) is 14.0 Å². The molecule has 1 rings (SSSR count). The van der Waals surface area contributed by atoms with Crippen molar-refractivity contribution in [2.45, 2.75) is 32.0 Å². The van der Waals surface area contributed by atoms with Crippen molar-refractivity contribution in [2.75, 3.05) is 13.6 Å². The van der Waals surface area contributed by atoms with Crippen molar-refractivity contribution in [3.8, 4) is 0 Å². The van der Waals surface area contributed by atoms with Crippen LogP contribution in [0.4, 0.5) is 0 Å². The largest absolute Gasteiger partial charge is 0.344 e. The zero-order valence-electron chi connectivity index (χ0n) is 11.0. The van der Waals surface area contributed by atoms with E-state index in [0.29, 0.717) is 11.2 Å². The Morgan fingerprint density at radius 1 is 1.41 bits per heavy atom. The molecule has 0 radical (unpaired) electrons. The lowest BCUT2D eigenvalue weighted by molar-refractivity contribution is -0.129. The number of carbonyl (C=O) groups is 1. The average Bonchev–Trinajstić information content (AvgIpc) is 2.22. The first-order valence-corrected chi connectivity index (χ1v) is 6.76. The SMILES string of the molecule is Cc1ccc(C)c(CC(=O)N(C)CC(C)Br)c1. The van der Waals surface area contributed by atoms with E-state index in [1.54, 1.807) is 4.90 Å². The van der Waals surface area contributed by atoms with Crippen LogP contribution in [0.1, 0.15) is 23.6 Å². The summed E-state index contributed by atoms with van der Waals surface area (Å²) >= 11 is 3.46. The Kier molecular flexibility index (Phi) is 5.19. The molecule has 17 heavy (non-hydrogen) atoms. The monoisotopic (exact) mass is 297 g/mol. The van der Waals surface area contributed by atoms with Crippen molar-refractivity contribution in [3.63, 3.8) is 0 Å². The number of nitrogens with zero attached hydrogens (tertiary/aromatic N) is 1. The molecule has 0 aliphatic rings. The summed E-state index contributed by atoms with van der Waals surface area (Å²) in [6.07, 6.45) is 0.490. The van der Waals surface area contributed by atoms with E-state index in [2.05, 4.69) is 48.0 Å². The van der Waals surface area contributed by atoms with E-state index in [1.165, 1.54) is 11.1 Å². The van der Waals surface area contributed by atoms with E-state index in [-0.39, 0.29) is 5.91 Å². The smallest absolute Gasteiger partial charge is 0.226 e. The van der Waals surface area contributed by atoms with Crippen molar-refractivity contribution in [3.05, 3.63) is 34.9 Å². The third-order valence-corrected chi connectivity index (χ3v) is 3.09. The Morgan fingerprint density at radius 2 is 2.06 bits per heavy atom. The van der Waals surface area contributed by atoms with Crippen LogP contribution in [0.5, 0.6) is 0 Å². The van der Waals surface area contributed by atoms with Crippen LogP contribution in [0.25, 0.3) is 0 Å². The Hall–Kier alpha value is -0.830. The predicted octanol–water partition coefficient (Wildman–Crippen LogP) is 3.09. The van der Waals surface area contributed by atoms with Crippen molar-refractivity contribution < 1.29 is 4.79 Å². The maximum absolute atomic E-state index is 12.0. The lowest BCUT2D eigenvalue weighted by Crippen LogP contribution is -2.32. The summed E-state index contributed by atoms with van der Waals surface area (Å²) in [6.45, 7) is 6.89. The highest BCUT2D eigenvalue weighted by Gasteiger charge is 2.12. The molecular formula is C14H20BrNO. The summed E-state index contributed by atoms with van der Waals surface area (Å²) in [6, 6.07) is 6.25. The van der Waals surface area contributed by atoms with Crippen LogP contribution in [0, 0.1) is 13.8 Å². The van der Waals surface area contributed by atoms with Gasteiger partial charge >= 0.3 is 0 Å². The summed E-state index contributed by atoms with van der Waals surface area (Å²) in [5, 5.41) is 0. The first-order valence-electron chi connectivity index (χ1n) is 5.84. The molecule has 0 heterocycles. The first kappa shape index (κ1) is 14.2. The lowest BCUT2D eigenvalue weighted by Gasteiger charge is -2.19. The van der Waals surface area contributed by atoms with Crippen LogP contribution >= 0.6 is 15.9 Å². The van der Waals surface area contributed by atoms with Crippen LogP contribution in [0.15, 0.2) is 18.2 Å². The molecule has 0 aliphatic carbocycles. The molecule has 1 amide bonds. The molecular weight excluding hydrogens is 278 g/mol. The molecule has 1 atom stereocenters. The van der Waals surface area contributed by atoms with Gasteiger partial charge in [0.25, 0.3) is 0 Å². The van der Waals surface area contributed by atoms with Gasteiger partial charge in [-0.05, 0) is 25.0 Å². The number of carbonyl (C=O) groups excluding carboxylic acids is 1. The van der Waals surface area contributed by atoms with Gasteiger partial charge in [0.1, 0.15) is 0 Å². The topological polar surface area (TPSA) is 20.3 Å². The molecule has 3 heteroatoms. The molecule has 0 spiro atoms. The first-order chi connectivity index (χ1) is 7.90. The number of aryl methyl sites for hydroxylation is 2. The van der Waals surface area contributed by atoms with Crippen LogP contribution < -0.4 is 0 Å². The zero-order chi connectivity index (χ0) is 13.0. The minimum Gasteiger partial charge on any atom is -0.344 e. The fraction of sp³-hybridized carbons (Fsp3) is 0.500. The maximum atomic E-state index is 12.0. The molecule has 2 nitrogen and oxygen atoms in total. The van der Waals surface area contributed by atoms with E-state index in [9.17, 15) is 4.79 Å². The Bertz CT molecular complexity index is 401. The summed E-state index contributed by atoms with van der Waals surface area (Å²) in [4.78, 5) is 14.1. The minimum atomic E-state index is 0.171. The number of amides is 1. The van der Waals surface area contributed by atoms with Crippen molar-refractivity contribution >= 4 is 21.8 Å². The lowest BCUT2D eigenvalue weighted by atomic mass is 10.0. The van der Waals surface area contributed by atoms with Gasteiger partial charge in [-0.15, -0.1) is 0 Å². The molecule has 0 aromatic heterocycles. The van der Waals surface area contributed by atoms with Gasteiger partial charge in [0.15, 0.2) is 0 Å². The second kappa shape index (κ2) is 6.20. The second-order valence-corrected chi connectivity index (χ2v) is 6.22. The summed E-state index contributed by atoms with van der Waals surface area (Å²) in [5.41, 5.74) is 3.52. The summed E-state index contributed by atoms with van der Waals surface area (Å²) in [7, 11) is 1.85. The molecule has 0 fully saturated rings. The van der Waals surface area contributed by atoms with Gasteiger partial charge in [0.2, 0.25) is 5.91 Å². The number of hydrogen-bond acceptors (Lipinski definition) is 1. The Balaban J connectivity index is 2.70. The van der Waals surface area contributed by atoms with Gasteiger partial charge in [0, 0.05) is 18.4 Å². The standard InChI is InChI=1S/C14H20BrNO/c1-10-5-6-11(2)13(7-10)8-14(17)16(4)9-12(3)15/h5-7,12H,8-9H2,1-4H3. The molecule has 0 saturated heterocycles. The highest BCUT2D eigenvalue weighted by atomic mass is 79.9. The van der Waals surface area contributed by atoms with Gasteiger partial charge < -0.3 is 4.90 Å².